The molecule has 3 N–H and O–H groups in total. The predicted octanol–water partition coefficient (Wildman–Crippen LogP) is 5.16. The Bertz CT molecular complexity index is 778. The Hall–Kier alpha value is -2.62. The zero-order valence-electron chi connectivity index (χ0n) is 15.4. The Labute approximate surface area is 155 Å². The van der Waals surface area contributed by atoms with Crippen molar-refractivity contribution in [3.05, 3.63) is 89.5 Å². The van der Waals surface area contributed by atoms with E-state index in [4.69, 9.17) is 10.8 Å². The smallest absolute Gasteiger partial charge is 0.0461 e. The highest BCUT2D eigenvalue weighted by atomic mass is 16.3. The lowest BCUT2D eigenvalue weighted by atomic mass is 10.0. The number of hydrogen-bond donors (Lipinski definition) is 2. The molecule has 0 radical (unpaired) electrons. The molecule has 0 spiro atoms. The minimum atomic E-state index is -0.138. The maximum Gasteiger partial charge on any atom is 0.0461 e. The van der Waals surface area contributed by atoms with Crippen molar-refractivity contribution >= 4 is 17.1 Å². The van der Waals surface area contributed by atoms with Crippen molar-refractivity contribution in [1.82, 2.24) is 0 Å². The first-order valence-electron chi connectivity index (χ1n) is 8.98. The van der Waals surface area contributed by atoms with Gasteiger partial charge in [0.15, 0.2) is 0 Å². The molecule has 0 bridgehead atoms. The fourth-order valence-electron chi connectivity index (χ4n) is 3.01. The van der Waals surface area contributed by atoms with Gasteiger partial charge in [-0.3, -0.25) is 0 Å². The SMILES string of the molecule is Cc1ccc(N(c2ccc(C)cc2)c2ccc(C(N)CCO)cc2)cc1. The molecule has 0 heterocycles. The molecule has 0 saturated carbocycles. The summed E-state index contributed by atoms with van der Waals surface area (Å²) >= 11 is 0. The minimum Gasteiger partial charge on any atom is -0.396 e. The Morgan fingerprint density at radius 3 is 1.50 bits per heavy atom. The van der Waals surface area contributed by atoms with E-state index in [0.29, 0.717) is 6.42 Å². The van der Waals surface area contributed by atoms with Gasteiger partial charge in [-0.1, -0.05) is 47.5 Å². The summed E-state index contributed by atoms with van der Waals surface area (Å²) in [6.45, 7) is 4.29. The lowest BCUT2D eigenvalue weighted by Gasteiger charge is -2.26. The van der Waals surface area contributed by atoms with E-state index in [2.05, 4.69) is 79.4 Å². The van der Waals surface area contributed by atoms with Crippen molar-refractivity contribution in [1.29, 1.82) is 0 Å². The van der Waals surface area contributed by atoms with Crippen LogP contribution in [-0.2, 0) is 0 Å². The van der Waals surface area contributed by atoms with E-state index >= 15 is 0 Å². The van der Waals surface area contributed by atoms with Gasteiger partial charge in [-0.25, -0.2) is 0 Å². The summed E-state index contributed by atoms with van der Waals surface area (Å²) in [6.07, 6.45) is 0.568. The zero-order chi connectivity index (χ0) is 18.5. The molecule has 0 aliphatic rings. The highest BCUT2D eigenvalue weighted by Crippen LogP contribution is 2.35. The molecular weight excluding hydrogens is 320 g/mol. The van der Waals surface area contributed by atoms with E-state index in [9.17, 15) is 0 Å². The van der Waals surface area contributed by atoms with Crippen LogP contribution in [0.5, 0.6) is 0 Å². The number of hydrogen-bond acceptors (Lipinski definition) is 3. The normalized spacial score (nSPS) is 12.0. The summed E-state index contributed by atoms with van der Waals surface area (Å²) in [5, 5.41) is 9.09. The van der Waals surface area contributed by atoms with Gasteiger partial charge in [-0.2, -0.15) is 0 Å². The maximum absolute atomic E-state index is 9.09. The fourth-order valence-corrected chi connectivity index (χ4v) is 3.01. The third-order valence-electron chi connectivity index (χ3n) is 4.60. The highest BCUT2D eigenvalue weighted by molar-refractivity contribution is 5.76. The Balaban J connectivity index is 2.00. The number of aliphatic hydroxyl groups is 1. The maximum atomic E-state index is 9.09. The molecule has 3 rings (SSSR count). The second-order valence-electron chi connectivity index (χ2n) is 6.72. The molecule has 3 heteroatoms. The van der Waals surface area contributed by atoms with Crippen LogP contribution in [0.25, 0.3) is 0 Å². The molecule has 3 aromatic rings. The molecule has 0 fully saturated rings. The largest absolute Gasteiger partial charge is 0.396 e. The van der Waals surface area contributed by atoms with Crippen molar-refractivity contribution in [3.63, 3.8) is 0 Å². The van der Waals surface area contributed by atoms with Crippen LogP contribution in [0.15, 0.2) is 72.8 Å². The molecule has 0 aliphatic heterocycles. The van der Waals surface area contributed by atoms with Gasteiger partial charge in [0.25, 0.3) is 0 Å². The van der Waals surface area contributed by atoms with Crippen LogP contribution in [0.2, 0.25) is 0 Å². The molecule has 26 heavy (non-hydrogen) atoms. The van der Waals surface area contributed by atoms with Crippen molar-refractivity contribution in [3.8, 4) is 0 Å². The summed E-state index contributed by atoms with van der Waals surface area (Å²) < 4.78 is 0. The van der Waals surface area contributed by atoms with Gasteiger partial charge in [0.2, 0.25) is 0 Å². The summed E-state index contributed by atoms with van der Waals surface area (Å²) in [6, 6.07) is 25.2. The Morgan fingerprint density at radius 1 is 0.731 bits per heavy atom. The van der Waals surface area contributed by atoms with Gasteiger partial charge in [-0.15, -0.1) is 0 Å². The number of rotatable bonds is 6. The van der Waals surface area contributed by atoms with Crippen LogP contribution in [0.1, 0.15) is 29.2 Å². The van der Waals surface area contributed by atoms with Gasteiger partial charge in [-0.05, 0) is 62.2 Å². The molecule has 0 aliphatic carbocycles. The molecule has 0 saturated heterocycles. The lowest BCUT2D eigenvalue weighted by molar-refractivity contribution is 0.276. The molecule has 1 unspecified atom stereocenters. The van der Waals surface area contributed by atoms with Gasteiger partial charge >= 0.3 is 0 Å². The van der Waals surface area contributed by atoms with Crippen molar-refractivity contribution in [2.75, 3.05) is 11.5 Å². The number of aryl methyl sites for hydroxylation is 2. The molecule has 0 aromatic heterocycles. The first kappa shape index (κ1) is 18.2. The van der Waals surface area contributed by atoms with Crippen molar-refractivity contribution in [2.24, 2.45) is 5.73 Å². The number of anilines is 3. The van der Waals surface area contributed by atoms with E-state index in [-0.39, 0.29) is 12.6 Å². The topological polar surface area (TPSA) is 49.5 Å². The first-order valence-corrected chi connectivity index (χ1v) is 8.98. The fraction of sp³-hybridized carbons (Fsp3) is 0.217. The van der Waals surface area contributed by atoms with E-state index in [0.717, 1.165) is 22.6 Å². The van der Waals surface area contributed by atoms with Crippen LogP contribution >= 0.6 is 0 Å². The quantitative estimate of drug-likeness (QED) is 0.648. The van der Waals surface area contributed by atoms with E-state index in [1.807, 2.05) is 12.1 Å². The Kier molecular flexibility index (Phi) is 5.71. The monoisotopic (exact) mass is 346 g/mol. The second kappa shape index (κ2) is 8.17. The molecular formula is C23H26N2O. The van der Waals surface area contributed by atoms with Crippen LogP contribution in [0.4, 0.5) is 17.1 Å². The number of nitrogens with two attached hydrogens (primary N) is 1. The summed E-state index contributed by atoms with van der Waals surface area (Å²) in [5.74, 6) is 0. The third kappa shape index (κ3) is 4.13. The molecule has 3 nitrogen and oxygen atoms in total. The molecule has 3 aromatic carbocycles. The number of benzene rings is 3. The van der Waals surface area contributed by atoms with Crippen LogP contribution in [0.3, 0.4) is 0 Å². The molecule has 1 atom stereocenters. The van der Waals surface area contributed by atoms with Gasteiger partial charge in [0, 0.05) is 29.7 Å². The average Bonchev–Trinajstić information content (AvgIpc) is 2.66. The molecule has 0 amide bonds. The van der Waals surface area contributed by atoms with Gasteiger partial charge < -0.3 is 15.7 Å². The lowest BCUT2D eigenvalue weighted by Crippen LogP contribution is -2.13. The van der Waals surface area contributed by atoms with E-state index < -0.39 is 0 Å². The summed E-state index contributed by atoms with van der Waals surface area (Å²) in [5.41, 5.74) is 12.9. The third-order valence-corrected chi connectivity index (χ3v) is 4.60. The van der Waals surface area contributed by atoms with Crippen LogP contribution in [-0.4, -0.2) is 11.7 Å². The standard InChI is InChI=1S/C23H26N2O/c1-17-3-9-20(10-4-17)25(21-11-5-18(2)6-12-21)22-13-7-19(8-14-22)23(24)15-16-26/h3-14,23,26H,15-16,24H2,1-2H3. The predicted molar refractivity (Wildman–Crippen MR) is 109 cm³/mol. The van der Waals surface area contributed by atoms with Crippen LogP contribution in [0, 0.1) is 13.8 Å². The summed E-state index contributed by atoms with van der Waals surface area (Å²) in [7, 11) is 0. The molecule has 134 valence electrons. The van der Waals surface area contributed by atoms with Crippen molar-refractivity contribution in [2.45, 2.75) is 26.3 Å². The van der Waals surface area contributed by atoms with Gasteiger partial charge in [0.05, 0.1) is 0 Å². The minimum absolute atomic E-state index is 0.0990. The van der Waals surface area contributed by atoms with Gasteiger partial charge in [0.1, 0.15) is 0 Å². The number of aliphatic hydroxyl groups excluding tert-OH is 1. The Morgan fingerprint density at radius 2 is 1.12 bits per heavy atom. The first-order chi connectivity index (χ1) is 12.6. The zero-order valence-corrected chi connectivity index (χ0v) is 15.4. The average molecular weight is 346 g/mol. The summed E-state index contributed by atoms with van der Waals surface area (Å²) in [4.78, 5) is 2.24. The van der Waals surface area contributed by atoms with Crippen LogP contribution < -0.4 is 10.6 Å². The highest BCUT2D eigenvalue weighted by Gasteiger charge is 2.13. The van der Waals surface area contributed by atoms with E-state index in [1.54, 1.807) is 0 Å². The van der Waals surface area contributed by atoms with Crippen molar-refractivity contribution < 1.29 is 5.11 Å². The number of nitrogens with zero attached hydrogens (tertiary/aromatic N) is 1. The van der Waals surface area contributed by atoms with E-state index in [1.165, 1.54) is 11.1 Å². The second-order valence-corrected chi connectivity index (χ2v) is 6.72.